The van der Waals surface area contributed by atoms with Gasteiger partial charge in [-0.3, -0.25) is 4.79 Å². The van der Waals surface area contributed by atoms with Gasteiger partial charge in [-0.15, -0.1) is 0 Å². The summed E-state index contributed by atoms with van der Waals surface area (Å²) in [4.78, 5) is 11.8. The van der Waals surface area contributed by atoms with Crippen LogP contribution in [0.3, 0.4) is 0 Å². The third-order valence-corrected chi connectivity index (χ3v) is 2.82. The van der Waals surface area contributed by atoms with Gasteiger partial charge in [0.05, 0.1) is 0 Å². The van der Waals surface area contributed by atoms with E-state index in [4.69, 9.17) is 0 Å². The maximum atomic E-state index is 11.8. The second kappa shape index (κ2) is 4.63. The van der Waals surface area contributed by atoms with Gasteiger partial charge in [0, 0.05) is 12.0 Å². The Hall–Kier alpha value is -0.790. The minimum atomic E-state index is 0.182. The molecule has 1 aliphatic rings. The third-order valence-electron chi connectivity index (χ3n) is 2.82. The Kier molecular flexibility index (Phi) is 3.73. The van der Waals surface area contributed by atoms with Gasteiger partial charge >= 0.3 is 0 Å². The highest BCUT2D eigenvalue weighted by molar-refractivity contribution is 5.79. The molecule has 0 saturated carbocycles. The number of allylic oxidation sites excluding steroid dienone is 2. The number of nitrogens with one attached hydrogen (secondary N) is 1. The van der Waals surface area contributed by atoms with E-state index in [1.165, 1.54) is 5.57 Å². The second-order valence-electron chi connectivity index (χ2n) is 4.74. The number of hydrogen-bond acceptors (Lipinski definition) is 1. The Morgan fingerprint density at radius 2 is 2.21 bits per heavy atom. The van der Waals surface area contributed by atoms with Gasteiger partial charge in [-0.25, -0.2) is 0 Å². The normalized spacial score (nSPS) is 27.4. The van der Waals surface area contributed by atoms with Crippen molar-refractivity contribution in [1.29, 1.82) is 0 Å². The molecule has 0 aromatic rings. The van der Waals surface area contributed by atoms with Crippen molar-refractivity contribution in [3.05, 3.63) is 11.6 Å². The summed E-state index contributed by atoms with van der Waals surface area (Å²) in [6.07, 6.45) is 4.17. The highest BCUT2D eigenvalue weighted by Crippen LogP contribution is 2.29. The summed E-state index contributed by atoms with van der Waals surface area (Å²) in [5.41, 5.74) is 1.42. The van der Waals surface area contributed by atoms with Gasteiger partial charge in [0.15, 0.2) is 0 Å². The van der Waals surface area contributed by atoms with E-state index < -0.39 is 0 Å². The number of rotatable bonds is 2. The van der Waals surface area contributed by atoms with E-state index >= 15 is 0 Å². The van der Waals surface area contributed by atoms with Crippen molar-refractivity contribution in [2.75, 3.05) is 0 Å². The number of carbonyl (C=O) groups is 1. The van der Waals surface area contributed by atoms with Crippen LogP contribution >= 0.6 is 0 Å². The molecule has 2 nitrogen and oxygen atoms in total. The van der Waals surface area contributed by atoms with Crippen molar-refractivity contribution in [2.45, 2.75) is 46.6 Å². The van der Waals surface area contributed by atoms with Crippen LogP contribution in [0.25, 0.3) is 0 Å². The predicted octanol–water partition coefficient (Wildman–Crippen LogP) is 2.50. The van der Waals surface area contributed by atoms with Crippen molar-refractivity contribution < 1.29 is 4.79 Å². The molecule has 0 spiro atoms. The van der Waals surface area contributed by atoms with Crippen LogP contribution in [-0.4, -0.2) is 11.9 Å². The van der Waals surface area contributed by atoms with Crippen LogP contribution in [0, 0.1) is 11.8 Å². The first-order valence-electron chi connectivity index (χ1n) is 5.46. The fourth-order valence-corrected chi connectivity index (χ4v) is 2.05. The first-order valence-corrected chi connectivity index (χ1v) is 5.46. The van der Waals surface area contributed by atoms with E-state index in [1.807, 2.05) is 13.8 Å². The lowest BCUT2D eigenvalue weighted by Gasteiger charge is -2.27. The monoisotopic (exact) mass is 195 g/mol. The summed E-state index contributed by atoms with van der Waals surface area (Å²) in [5, 5.41) is 2.99. The first-order chi connectivity index (χ1) is 6.50. The maximum Gasteiger partial charge on any atom is 0.223 e. The van der Waals surface area contributed by atoms with Crippen LogP contribution in [0.1, 0.15) is 40.5 Å². The van der Waals surface area contributed by atoms with E-state index in [-0.39, 0.29) is 17.9 Å². The van der Waals surface area contributed by atoms with Crippen molar-refractivity contribution in [3.8, 4) is 0 Å². The highest BCUT2D eigenvalue weighted by Gasteiger charge is 2.27. The molecule has 0 aromatic heterocycles. The average Bonchev–Trinajstić information content (AvgIpc) is 2.01. The molecule has 1 amide bonds. The Labute approximate surface area is 86.8 Å². The van der Waals surface area contributed by atoms with Gasteiger partial charge in [0.2, 0.25) is 5.91 Å². The molecule has 2 heteroatoms. The molecule has 0 bridgehead atoms. The number of hydrogen-bond donors (Lipinski definition) is 1. The van der Waals surface area contributed by atoms with Crippen molar-refractivity contribution in [1.82, 2.24) is 5.32 Å². The van der Waals surface area contributed by atoms with Gasteiger partial charge < -0.3 is 5.32 Å². The van der Waals surface area contributed by atoms with Crippen LogP contribution in [0.2, 0.25) is 0 Å². The molecule has 0 aromatic carbocycles. The minimum absolute atomic E-state index is 0.182. The molecule has 0 fully saturated rings. The second-order valence-corrected chi connectivity index (χ2v) is 4.74. The summed E-state index contributed by atoms with van der Waals surface area (Å²) in [7, 11) is 0. The van der Waals surface area contributed by atoms with Gasteiger partial charge in [-0.05, 0) is 39.5 Å². The summed E-state index contributed by atoms with van der Waals surface area (Å²) in [6, 6.07) is 0.252. The molecule has 0 unspecified atom stereocenters. The Balaban J connectivity index is 2.56. The van der Waals surface area contributed by atoms with Crippen LogP contribution in [-0.2, 0) is 4.79 Å². The van der Waals surface area contributed by atoms with E-state index in [2.05, 4.69) is 25.2 Å². The number of amides is 1. The molecule has 80 valence electrons. The van der Waals surface area contributed by atoms with Crippen LogP contribution in [0.15, 0.2) is 11.6 Å². The molecule has 0 saturated heterocycles. The first kappa shape index (κ1) is 11.3. The lowest BCUT2D eigenvalue weighted by Crippen LogP contribution is -2.38. The van der Waals surface area contributed by atoms with Crippen LogP contribution in [0.5, 0.6) is 0 Å². The maximum absolute atomic E-state index is 11.8. The fraction of sp³-hybridized carbons (Fsp3) is 0.750. The quantitative estimate of drug-likeness (QED) is 0.674. The SMILES string of the molecule is CC1=CC[C@H](C(=O)NC(C)C)[C@H](C)C1. The highest BCUT2D eigenvalue weighted by atomic mass is 16.1. The van der Waals surface area contributed by atoms with Crippen LogP contribution < -0.4 is 5.32 Å². The zero-order chi connectivity index (χ0) is 10.7. The molecular weight excluding hydrogens is 174 g/mol. The molecule has 14 heavy (non-hydrogen) atoms. The summed E-state index contributed by atoms with van der Waals surface area (Å²) in [5.74, 6) is 0.885. The van der Waals surface area contributed by atoms with E-state index in [9.17, 15) is 4.79 Å². The van der Waals surface area contributed by atoms with E-state index in [1.54, 1.807) is 0 Å². The average molecular weight is 195 g/mol. The summed E-state index contributed by atoms with van der Waals surface area (Å²) < 4.78 is 0. The van der Waals surface area contributed by atoms with Gasteiger partial charge in [-0.2, -0.15) is 0 Å². The van der Waals surface area contributed by atoms with E-state index in [0.717, 1.165) is 12.8 Å². The lowest BCUT2D eigenvalue weighted by molar-refractivity contribution is -0.127. The minimum Gasteiger partial charge on any atom is -0.354 e. The smallest absolute Gasteiger partial charge is 0.223 e. The topological polar surface area (TPSA) is 29.1 Å². The molecule has 2 atom stereocenters. The zero-order valence-corrected chi connectivity index (χ0v) is 9.63. The molecule has 0 aliphatic heterocycles. The molecule has 1 aliphatic carbocycles. The predicted molar refractivity (Wildman–Crippen MR) is 58.9 cm³/mol. The van der Waals surface area contributed by atoms with E-state index in [0.29, 0.717) is 5.92 Å². The standard InChI is InChI=1S/C12H21NO/c1-8(2)13-12(14)11-6-5-9(3)7-10(11)4/h5,8,10-11H,6-7H2,1-4H3,(H,13,14)/t10-,11+/m1/s1. The molecule has 0 radical (unpaired) electrons. The molecule has 0 heterocycles. The van der Waals surface area contributed by atoms with Gasteiger partial charge in [0.25, 0.3) is 0 Å². The Bertz CT molecular complexity index is 243. The fourth-order valence-electron chi connectivity index (χ4n) is 2.05. The van der Waals surface area contributed by atoms with Gasteiger partial charge in [0.1, 0.15) is 0 Å². The number of carbonyl (C=O) groups excluding carboxylic acids is 1. The molecule has 1 N–H and O–H groups in total. The van der Waals surface area contributed by atoms with Crippen LogP contribution in [0.4, 0.5) is 0 Å². The third kappa shape index (κ3) is 2.86. The van der Waals surface area contributed by atoms with Crippen molar-refractivity contribution >= 4 is 5.91 Å². The molecule has 1 rings (SSSR count). The Morgan fingerprint density at radius 1 is 1.57 bits per heavy atom. The molecular formula is C12H21NO. The summed E-state index contributed by atoms with van der Waals surface area (Å²) in [6.45, 7) is 8.33. The largest absolute Gasteiger partial charge is 0.354 e. The zero-order valence-electron chi connectivity index (χ0n) is 9.63. The van der Waals surface area contributed by atoms with Crippen molar-refractivity contribution in [3.63, 3.8) is 0 Å². The van der Waals surface area contributed by atoms with Crippen molar-refractivity contribution in [2.24, 2.45) is 11.8 Å². The summed E-state index contributed by atoms with van der Waals surface area (Å²) >= 11 is 0. The lowest BCUT2D eigenvalue weighted by atomic mass is 9.80. The van der Waals surface area contributed by atoms with Gasteiger partial charge in [-0.1, -0.05) is 18.6 Å². The Morgan fingerprint density at radius 3 is 2.71 bits per heavy atom.